The maximum Gasteiger partial charge on any atom is 0.229 e. The summed E-state index contributed by atoms with van der Waals surface area (Å²) in [4.78, 5) is 39.0. The van der Waals surface area contributed by atoms with Gasteiger partial charge in [0.15, 0.2) is 0 Å². The van der Waals surface area contributed by atoms with Crippen molar-refractivity contribution >= 4 is 34.8 Å². The quantitative estimate of drug-likeness (QED) is 0.795. The van der Waals surface area contributed by atoms with Gasteiger partial charge < -0.3 is 15.5 Å². The number of hydrogen-bond acceptors (Lipinski definition) is 3. The van der Waals surface area contributed by atoms with Crippen LogP contribution in [0.3, 0.4) is 0 Å². The van der Waals surface area contributed by atoms with E-state index in [1.807, 2.05) is 19.9 Å². The molecule has 3 amide bonds. The molecule has 1 aliphatic carbocycles. The zero-order valence-electron chi connectivity index (χ0n) is 17.4. The second-order valence-electron chi connectivity index (χ2n) is 8.43. The van der Waals surface area contributed by atoms with Crippen LogP contribution in [0.25, 0.3) is 0 Å². The topological polar surface area (TPSA) is 78.5 Å². The van der Waals surface area contributed by atoms with E-state index in [1.165, 1.54) is 11.1 Å². The smallest absolute Gasteiger partial charge is 0.229 e. The molecule has 0 saturated carbocycles. The summed E-state index contributed by atoms with van der Waals surface area (Å²) in [5.41, 5.74) is 4.80. The second-order valence-corrected chi connectivity index (χ2v) is 8.43. The van der Waals surface area contributed by atoms with Crippen LogP contribution in [-0.4, -0.2) is 24.3 Å². The highest BCUT2D eigenvalue weighted by atomic mass is 16.2. The Kier molecular flexibility index (Phi) is 5.57. The standard InChI is InChI=1S/C24H27N3O3/c1-15(2)23(29)25-19-7-4-8-20(13-19)26-24(30)18-12-22(28)27(14-18)21-10-9-16-5-3-6-17(16)11-21/h4,7-11,13,15,18H,3,5-6,12,14H2,1-2H3,(H,25,29)(H,26,30). The van der Waals surface area contributed by atoms with Gasteiger partial charge in [-0.15, -0.1) is 0 Å². The highest BCUT2D eigenvalue weighted by molar-refractivity contribution is 6.04. The molecule has 1 unspecified atom stereocenters. The lowest BCUT2D eigenvalue weighted by Crippen LogP contribution is -2.28. The highest BCUT2D eigenvalue weighted by Gasteiger charge is 2.35. The number of carbonyl (C=O) groups excluding carboxylic acids is 3. The minimum absolute atomic E-state index is 0.0222. The van der Waals surface area contributed by atoms with Crippen LogP contribution in [0.4, 0.5) is 17.1 Å². The molecule has 2 aromatic rings. The van der Waals surface area contributed by atoms with E-state index in [0.29, 0.717) is 17.9 Å². The lowest BCUT2D eigenvalue weighted by molar-refractivity contribution is -0.122. The van der Waals surface area contributed by atoms with Crippen molar-refractivity contribution < 1.29 is 14.4 Å². The molecule has 156 valence electrons. The second kappa shape index (κ2) is 8.30. The Balaban J connectivity index is 1.41. The van der Waals surface area contributed by atoms with Gasteiger partial charge in [-0.05, 0) is 60.7 Å². The predicted octanol–water partition coefficient (Wildman–Crippen LogP) is 3.76. The molecule has 6 nitrogen and oxygen atoms in total. The predicted molar refractivity (Wildman–Crippen MR) is 117 cm³/mol. The largest absolute Gasteiger partial charge is 0.326 e. The van der Waals surface area contributed by atoms with Crippen molar-refractivity contribution in [2.45, 2.75) is 39.5 Å². The van der Waals surface area contributed by atoms with E-state index < -0.39 is 5.92 Å². The first kappa shape index (κ1) is 20.1. The van der Waals surface area contributed by atoms with Crippen molar-refractivity contribution in [2.75, 3.05) is 22.1 Å². The first-order valence-corrected chi connectivity index (χ1v) is 10.5. The van der Waals surface area contributed by atoms with E-state index in [1.54, 1.807) is 29.2 Å². The number of aryl methyl sites for hydroxylation is 2. The van der Waals surface area contributed by atoms with Crippen LogP contribution in [0.2, 0.25) is 0 Å². The van der Waals surface area contributed by atoms with Crippen LogP contribution in [0.15, 0.2) is 42.5 Å². The first-order chi connectivity index (χ1) is 14.4. The van der Waals surface area contributed by atoms with E-state index in [2.05, 4.69) is 22.8 Å². The number of carbonyl (C=O) groups is 3. The lowest BCUT2D eigenvalue weighted by atomic mass is 10.1. The molecular weight excluding hydrogens is 378 g/mol. The molecule has 2 aromatic carbocycles. The van der Waals surface area contributed by atoms with E-state index in [0.717, 1.165) is 24.9 Å². The van der Waals surface area contributed by atoms with Crippen LogP contribution in [0.5, 0.6) is 0 Å². The highest BCUT2D eigenvalue weighted by Crippen LogP contribution is 2.31. The first-order valence-electron chi connectivity index (χ1n) is 10.5. The summed E-state index contributed by atoms with van der Waals surface area (Å²) in [6.45, 7) is 4.03. The van der Waals surface area contributed by atoms with Crippen LogP contribution < -0.4 is 15.5 Å². The summed E-state index contributed by atoms with van der Waals surface area (Å²) in [7, 11) is 0. The summed E-state index contributed by atoms with van der Waals surface area (Å²) >= 11 is 0. The third-order valence-corrected chi connectivity index (χ3v) is 5.81. The van der Waals surface area contributed by atoms with Crippen LogP contribution in [-0.2, 0) is 27.2 Å². The summed E-state index contributed by atoms with van der Waals surface area (Å²) < 4.78 is 0. The summed E-state index contributed by atoms with van der Waals surface area (Å²) in [5, 5.41) is 5.72. The van der Waals surface area contributed by atoms with E-state index >= 15 is 0 Å². The van der Waals surface area contributed by atoms with Gasteiger partial charge in [-0.1, -0.05) is 26.0 Å². The fourth-order valence-electron chi connectivity index (χ4n) is 4.06. The number of anilines is 3. The number of hydrogen-bond donors (Lipinski definition) is 2. The Bertz CT molecular complexity index is 999. The molecule has 2 aliphatic rings. The van der Waals surface area contributed by atoms with Crippen LogP contribution in [0, 0.1) is 11.8 Å². The third kappa shape index (κ3) is 4.22. The van der Waals surface area contributed by atoms with Gasteiger partial charge in [-0.3, -0.25) is 14.4 Å². The molecule has 1 heterocycles. The summed E-state index contributed by atoms with van der Waals surface area (Å²) in [6.07, 6.45) is 3.52. The maximum atomic E-state index is 12.8. The summed E-state index contributed by atoms with van der Waals surface area (Å²) in [5.74, 6) is -0.812. The normalized spacial score (nSPS) is 17.9. The Labute approximate surface area is 176 Å². The molecule has 1 atom stereocenters. The number of amides is 3. The molecule has 0 spiro atoms. The zero-order valence-corrected chi connectivity index (χ0v) is 17.4. The van der Waals surface area contributed by atoms with Gasteiger partial charge in [-0.25, -0.2) is 0 Å². The molecule has 1 fully saturated rings. The number of nitrogens with zero attached hydrogens (tertiary/aromatic N) is 1. The Morgan fingerprint density at radius 2 is 1.73 bits per heavy atom. The van der Waals surface area contributed by atoms with E-state index in [9.17, 15) is 14.4 Å². The monoisotopic (exact) mass is 405 g/mol. The molecule has 4 rings (SSSR count). The van der Waals surface area contributed by atoms with Gasteiger partial charge in [0.2, 0.25) is 17.7 Å². The average molecular weight is 405 g/mol. The van der Waals surface area contributed by atoms with Gasteiger partial charge in [0.1, 0.15) is 0 Å². The lowest BCUT2D eigenvalue weighted by Gasteiger charge is -2.18. The fourth-order valence-corrected chi connectivity index (χ4v) is 4.06. The molecule has 1 saturated heterocycles. The van der Waals surface area contributed by atoms with Crippen LogP contribution >= 0.6 is 0 Å². The molecule has 2 N–H and O–H groups in total. The molecule has 0 bridgehead atoms. The minimum atomic E-state index is -0.403. The van der Waals surface area contributed by atoms with E-state index in [4.69, 9.17) is 0 Å². The van der Waals surface area contributed by atoms with Gasteiger partial charge in [0.25, 0.3) is 0 Å². The molecule has 1 aliphatic heterocycles. The van der Waals surface area contributed by atoms with Crippen molar-refractivity contribution in [1.82, 2.24) is 0 Å². The van der Waals surface area contributed by atoms with Crippen molar-refractivity contribution in [3.8, 4) is 0 Å². The Morgan fingerprint density at radius 3 is 2.50 bits per heavy atom. The molecule has 0 aromatic heterocycles. The molecule has 0 radical (unpaired) electrons. The zero-order chi connectivity index (χ0) is 21.3. The average Bonchev–Trinajstić information content (AvgIpc) is 3.34. The van der Waals surface area contributed by atoms with Gasteiger partial charge in [0.05, 0.1) is 5.92 Å². The molecule has 30 heavy (non-hydrogen) atoms. The molecular formula is C24H27N3O3. The van der Waals surface area contributed by atoms with E-state index in [-0.39, 0.29) is 30.1 Å². The summed E-state index contributed by atoms with van der Waals surface area (Å²) in [6, 6.07) is 13.3. The van der Waals surface area contributed by atoms with Crippen LogP contribution in [0.1, 0.15) is 37.8 Å². The Hall–Kier alpha value is -3.15. The van der Waals surface area contributed by atoms with Gasteiger partial charge in [-0.2, -0.15) is 0 Å². The number of benzene rings is 2. The van der Waals surface area contributed by atoms with Crippen molar-refractivity contribution in [2.24, 2.45) is 11.8 Å². The number of fused-ring (bicyclic) bond motifs is 1. The fraction of sp³-hybridized carbons (Fsp3) is 0.375. The minimum Gasteiger partial charge on any atom is -0.326 e. The van der Waals surface area contributed by atoms with Crippen molar-refractivity contribution in [1.29, 1.82) is 0 Å². The van der Waals surface area contributed by atoms with Gasteiger partial charge in [0, 0.05) is 35.9 Å². The number of nitrogens with one attached hydrogen (secondary N) is 2. The molecule has 6 heteroatoms. The maximum absolute atomic E-state index is 12.8. The number of rotatable bonds is 5. The van der Waals surface area contributed by atoms with Crippen molar-refractivity contribution in [3.05, 3.63) is 53.6 Å². The van der Waals surface area contributed by atoms with Gasteiger partial charge >= 0.3 is 0 Å². The third-order valence-electron chi connectivity index (χ3n) is 5.81. The Morgan fingerprint density at radius 1 is 1.00 bits per heavy atom. The van der Waals surface area contributed by atoms with Crippen molar-refractivity contribution in [3.63, 3.8) is 0 Å². The SMILES string of the molecule is CC(C)C(=O)Nc1cccc(NC(=O)C2CC(=O)N(c3ccc4c(c3)CCC4)C2)c1.